The molecule has 0 aromatic rings. The molecule has 6 heteroatoms. The molecule has 78 valence electrons. The van der Waals surface area contributed by atoms with E-state index in [0.717, 1.165) is 19.3 Å². The third-order valence-electron chi connectivity index (χ3n) is 1.26. The Morgan fingerprint density at radius 3 is 1.92 bits per heavy atom. The van der Waals surface area contributed by atoms with Crippen LogP contribution in [0.1, 0.15) is 32.6 Å². The summed E-state index contributed by atoms with van der Waals surface area (Å²) in [5.41, 5.74) is 0. The van der Waals surface area contributed by atoms with Gasteiger partial charge in [-0.25, -0.2) is 0 Å². The second-order valence-electron chi connectivity index (χ2n) is 2.35. The predicted octanol–water partition coefficient (Wildman–Crippen LogP) is 1.78. The van der Waals surface area contributed by atoms with Crippen LogP contribution in [0.25, 0.3) is 0 Å². The van der Waals surface area contributed by atoms with Gasteiger partial charge >= 0.3 is 0 Å². The zero-order valence-electron chi connectivity index (χ0n) is 7.62. The molecule has 0 unspecified atom stereocenters. The lowest BCUT2D eigenvalue weighted by molar-refractivity contribution is 0.479. The van der Waals surface area contributed by atoms with E-state index in [1.807, 2.05) is 6.92 Å². The predicted molar refractivity (Wildman–Crippen MR) is 50.6 cm³/mol. The maximum absolute atomic E-state index is 10.1. The normalized spacial score (nSPS) is 9.83. The van der Waals surface area contributed by atoms with Gasteiger partial charge in [-0.2, -0.15) is 8.42 Å². The van der Waals surface area contributed by atoms with E-state index in [4.69, 9.17) is 4.55 Å². The van der Waals surface area contributed by atoms with Crippen molar-refractivity contribution in [3.63, 3.8) is 0 Å². The number of hydrogen-bond donors (Lipinski definition) is 3. The Morgan fingerprint density at radius 2 is 1.58 bits per heavy atom. The van der Waals surface area contributed by atoms with Crippen LogP contribution < -0.4 is 12.3 Å². The molecule has 0 bridgehead atoms. The van der Waals surface area contributed by atoms with Crippen LogP contribution in [0.4, 0.5) is 0 Å². The van der Waals surface area contributed by atoms with Crippen molar-refractivity contribution in [2.24, 2.45) is 0 Å². The minimum Gasteiger partial charge on any atom is -0.344 e. The van der Waals surface area contributed by atoms with Crippen LogP contribution in [0.3, 0.4) is 0 Å². The van der Waals surface area contributed by atoms with E-state index in [1.165, 1.54) is 0 Å². The van der Waals surface area contributed by atoms with Gasteiger partial charge in [-0.15, -0.1) is 0 Å². The molecular formula is C6H20N2O3S. The summed E-state index contributed by atoms with van der Waals surface area (Å²) >= 11 is 0. The van der Waals surface area contributed by atoms with Crippen LogP contribution in [0.2, 0.25) is 0 Å². The van der Waals surface area contributed by atoms with Crippen molar-refractivity contribution in [1.29, 1.82) is 0 Å². The third-order valence-corrected chi connectivity index (χ3v) is 2.06. The fourth-order valence-corrected chi connectivity index (χ4v) is 1.28. The lowest BCUT2D eigenvalue weighted by Gasteiger charge is -1.95. The molecule has 0 saturated carbocycles. The minimum atomic E-state index is -3.70. The van der Waals surface area contributed by atoms with Crippen LogP contribution >= 0.6 is 0 Å². The van der Waals surface area contributed by atoms with E-state index in [-0.39, 0.29) is 18.1 Å². The molecule has 0 atom stereocenters. The second kappa shape index (κ2) is 8.92. The highest BCUT2D eigenvalue weighted by atomic mass is 32.2. The SMILES string of the molecule is CCCCCCS(=O)(=O)O.N.N. The summed E-state index contributed by atoms with van der Waals surface area (Å²) < 4.78 is 28.6. The van der Waals surface area contributed by atoms with Crippen molar-refractivity contribution < 1.29 is 13.0 Å². The Morgan fingerprint density at radius 1 is 1.08 bits per heavy atom. The average molecular weight is 200 g/mol. The summed E-state index contributed by atoms with van der Waals surface area (Å²) in [4.78, 5) is 0. The Labute approximate surface area is 74.5 Å². The summed E-state index contributed by atoms with van der Waals surface area (Å²) in [5, 5.41) is 0. The van der Waals surface area contributed by atoms with Crippen LogP contribution in [0.15, 0.2) is 0 Å². The molecule has 0 heterocycles. The van der Waals surface area contributed by atoms with Gasteiger partial charge in [0, 0.05) is 0 Å². The van der Waals surface area contributed by atoms with E-state index >= 15 is 0 Å². The van der Waals surface area contributed by atoms with E-state index < -0.39 is 10.1 Å². The van der Waals surface area contributed by atoms with Gasteiger partial charge in [0.25, 0.3) is 10.1 Å². The topological polar surface area (TPSA) is 124 Å². The lowest BCUT2D eigenvalue weighted by atomic mass is 10.2. The van der Waals surface area contributed by atoms with Crippen molar-refractivity contribution in [1.82, 2.24) is 12.3 Å². The maximum Gasteiger partial charge on any atom is 0.264 e. The molecule has 7 N–H and O–H groups in total. The molecule has 0 saturated heterocycles. The van der Waals surface area contributed by atoms with Gasteiger partial charge in [-0.05, 0) is 6.42 Å². The van der Waals surface area contributed by atoms with Gasteiger partial charge in [-0.3, -0.25) is 4.55 Å². The summed E-state index contributed by atoms with van der Waals surface area (Å²) in [7, 11) is -3.70. The van der Waals surface area contributed by atoms with Crippen molar-refractivity contribution in [2.75, 3.05) is 5.75 Å². The van der Waals surface area contributed by atoms with Gasteiger partial charge < -0.3 is 12.3 Å². The van der Waals surface area contributed by atoms with Gasteiger partial charge in [-0.1, -0.05) is 26.2 Å². The van der Waals surface area contributed by atoms with E-state index in [1.54, 1.807) is 0 Å². The average Bonchev–Trinajstić information content (AvgIpc) is 1.78. The van der Waals surface area contributed by atoms with Crippen molar-refractivity contribution >= 4 is 10.1 Å². The summed E-state index contributed by atoms with van der Waals surface area (Å²) in [6.45, 7) is 2.05. The van der Waals surface area contributed by atoms with Crippen LogP contribution in [-0.2, 0) is 10.1 Å². The monoisotopic (exact) mass is 200 g/mol. The lowest BCUT2D eigenvalue weighted by Crippen LogP contribution is -2.03. The van der Waals surface area contributed by atoms with Gasteiger partial charge in [0.1, 0.15) is 0 Å². The molecule has 0 aliphatic carbocycles. The molecular weight excluding hydrogens is 180 g/mol. The molecule has 0 spiro atoms. The highest BCUT2D eigenvalue weighted by Crippen LogP contribution is 2.00. The Kier molecular flexibility index (Phi) is 13.2. The van der Waals surface area contributed by atoms with Gasteiger partial charge in [0.2, 0.25) is 0 Å². The Hall–Kier alpha value is -0.170. The maximum atomic E-state index is 10.1. The molecule has 0 radical (unpaired) electrons. The Balaban J connectivity index is -0.000000405. The molecule has 5 nitrogen and oxygen atoms in total. The molecule has 0 amide bonds. The van der Waals surface area contributed by atoms with Crippen LogP contribution in [0, 0.1) is 0 Å². The quantitative estimate of drug-likeness (QED) is 0.460. The highest BCUT2D eigenvalue weighted by molar-refractivity contribution is 7.85. The van der Waals surface area contributed by atoms with Crippen LogP contribution in [-0.4, -0.2) is 18.7 Å². The van der Waals surface area contributed by atoms with Crippen LogP contribution in [0.5, 0.6) is 0 Å². The number of hydrogen-bond acceptors (Lipinski definition) is 4. The first-order valence-corrected chi connectivity index (χ1v) is 5.12. The van der Waals surface area contributed by atoms with Gasteiger partial charge in [0.05, 0.1) is 5.75 Å². The fraction of sp³-hybridized carbons (Fsp3) is 1.00. The summed E-state index contributed by atoms with van der Waals surface area (Å²) in [5.74, 6) is -0.0903. The third kappa shape index (κ3) is 16.4. The van der Waals surface area contributed by atoms with E-state index in [9.17, 15) is 8.42 Å². The molecule has 0 aromatic carbocycles. The van der Waals surface area contributed by atoms with Crippen molar-refractivity contribution in [2.45, 2.75) is 32.6 Å². The molecule has 12 heavy (non-hydrogen) atoms. The smallest absolute Gasteiger partial charge is 0.264 e. The summed E-state index contributed by atoms with van der Waals surface area (Å²) in [6, 6.07) is 0. The molecule has 0 fully saturated rings. The molecule has 0 aromatic heterocycles. The van der Waals surface area contributed by atoms with Crippen molar-refractivity contribution in [3.05, 3.63) is 0 Å². The Bertz CT molecular complexity index is 168. The minimum absolute atomic E-state index is 0. The first-order chi connectivity index (χ1) is 4.56. The standard InChI is InChI=1S/C6H14O3S.2H3N/c1-2-3-4-5-6-10(7,8)9;;/h2-6H2,1H3,(H,7,8,9);2*1H3. The first kappa shape index (κ1) is 17.8. The number of unbranched alkanes of at least 4 members (excludes halogenated alkanes) is 3. The van der Waals surface area contributed by atoms with E-state index in [0.29, 0.717) is 6.42 Å². The fourth-order valence-electron chi connectivity index (χ4n) is 0.711. The summed E-state index contributed by atoms with van der Waals surface area (Å²) in [6.07, 6.45) is 3.57. The highest BCUT2D eigenvalue weighted by Gasteiger charge is 2.01. The molecule has 0 rings (SSSR count). The molecule has 0 aliphatic heterocycles. The zero-order chi connectivity index (χ0) is 8.04. The van der Waals surface area contributed by atoms with Gasteiger partial charge in [0.15, 0.2) is 0 Å². The molecule has 0 aliphatic rings. The first-order valence-electron chi connectivity index (χ1n) is 3.51. The van der Waals surface area contributed by atoms with Crippen molar-refractivity contribution in [3.8, 4) is 0 Å². The second-order valence-corrected chi connectivity index (χ2v) is 3.92. The largest absolute Gasteiger partial charge is 0.344 e. The zero-order valence-corrected chi connectivity index (χ0v) is 8.44. The number of rotatable bonds is 5. The van der Waals surface area contributed by atoms with E-state index in [2.05, 4.69) is 0 Å².